The normalized spacial score (nSPS) is 11.2. The molecule has 2 rings (SSSR count). The molecule has 0 unspecified atom stereocenters. The Bertz CT molecular complexity index is 534. The molecular formula is C13H17FN4. The van der Waals surface area contributed by atoms with Crippen LogP contribution in [-0.2, 0) is 13.1 Å². The molecule has 2 aromatic rings. The number of nitrogens with two attached hydrogens (primary N) is 1. The predicted molar refractivity (Wildman–Crippen MR) is 67.5 cm³/mol. The van der Waals surface area contributed by atoms with Crippen molar-refractivity contribution in [2.24, 2.45) is 5.73 Å². The van der Waals surface area contributed by atoms with Crippen LogP contribution in [0.2, 0.25) is 0 Å². The molecule has 2 N–H and O–H groups in total. The summed E-state index contributed by atoms with van der Waals surface area (Å²) in [5.74, 6) is 0.0299. The SMILES string of the molecule is CC(C)c1c(CN)nnn1Cc1ccccc1F. The Kier molecular flexibility index (Phi) is 3.72. The number of benzene rings is 1. The molecule has 0 aliphatic heterocycles. The van der Waals surface area contributed by atoms with Gasteiger partial charge in [-0.1, -0.05) is 37.3 Å². The Morgan fingerprint density at radius 1 is 1.33 bits per heavy atom. The number of aromatic nitrogens is 3. The second-order valence-electron chi connectivity index (χ2n) is 4.53. The van der Waals surface area contributed by atoms with Crippen LogP contribution < -0.4 is 5.73 Å². The maximum Gasteiger partial charge on any atom is 0.128 e. The maximum atomic E-state index is 13.6. The van der Waals surface area contributed by atoms with Crippen molar-refractivity contribution in [2.75, 3.05) is 0 Å². The number of rotatable bonds is 4. The largest absolute Gasteiger partial charge is 0.325 e. The van der Waals surface area contributed by atoms with Crippen molar-refractivity contribution in [3.05, 3.63) is 47.0 Å². The highest BCUT2D eigenvalue weighted by atomic mass is 19.1. The summed E-state index contributed by atoms with van der Waals surface area (Å²) in [5.41, 5.74) is 7.99. The first kappa shape index (κ1) is 12.7. The van der Waals surface area contributed by atoms with Gasteiger partial charge in [0.2, 0.25) is 0 Å². The zero-order valence-electron chi connectivity index (χ0n) is 10.6. The molecule has 0 atom stereocenters. The fourth-order valence-corrected chi connectivity index (χ4v) is 2.04. The number of hydrogen-bond donors (Lipinski definition) is 1. The van der Waals surface area contributed by atoms with Gasteiger partial charge in [-0.15, -0.1) is 5.10 Å². The van der Waals surface area contributed by atoms with Crippen molar-refractivity contribution in [3.63, 3.8) is 0 Å². The Morgan fingerprint density at radius 2 is 2.06 bits per heavy atom. The average Bonchev–Trinajstić information content (AvgIpc) is 2.75. The first-order valence-corrected chi connectivity index (χ1v) is 5.99. The van der Waals surface area contributed by atoms with Gasteiger partial charge in [-0.05, 0) is 12.0 Å². The zero-order valence-corrected chi connectivity index (χ0v) is 10.6. The van der Waals surface area contributed by atoms with Crippen molar-refractivity contribution in [3.8, 4) is 0 Å². The summed E-state index contributed by atoms with van der Waals surface area (Å²) in [6.45, 7) is 4.84. The first-order valence-electron chi connectivity index (χ1n) is 5.99. The third kappa shape index (κ3) is 2.41. The maximum absolute atomic E-state index is 13.6. The van der Waals surface area contributed by atoms with Gasteiger partial charge in [0.05, 0.1) is 17.9 Å². The molecule has 0 fully saturated rings. The summed E-state index contributed by atoms with van der Waals surface area (Å²) in [5, 5.41) is 8.11. The standard InChI is InChI=1S/C13H17FN4/c1-9(2)13-12(7-15)16-17-18(13)8-10-5-3-4-6-11(10)14/h3-6,9H,7-8,15H2,1-2H3. The third-order valence-electron chi connectivity index (χ3n) is 2.87. The van der Waals surface area contributed by atoms with Gasteiger partial charge in [0, 0.05) is 12.1 Å². The summed E-state index contributed by atoms with van der Waals surface area (Å²) in [6.07, 6.45) is 0. The molecule has 0 bridgehead atoms. The van der Waals surface area contributed by atoms with Crippen molar-refractivity contribution < 1.29 is 4.39 Å². The molecule has 0 radical (unpaired) electrons. The van der Waals surface area contributed by atoms with Crippen molar-refractivity contribution in [2.45, 2.75) is 32.9 Å². The molecular weight excluding hydrogens is 231 g/mol. The van der Waals surface area contributed by atoms with Crippen LogP contribution in [0.25, 0.3) is 0 Å². The average molecular weight is 248 g/mol. The van der Waals surface area contributed by atoms with Crippen LogP contribution in [0.15, 0.2) is 24.3 Å². The van der Waals surface area contributed by atoms with Crippen LogP contribution in [0.4, 0.5) is 4.39 Å². The van der Waals surface area contributed by atoms with Gasteiger partial charge in [-0.3, -0.25) is 0 Å². The van der Waals surface area contributed by atoms with E-state index in [1.54, 1.807) is 16.8 Å². The van der Waals surface area contributed by atoms with E-state index in [0.29, 0.717) is 18.7 Å². The molecule has 0 saturated carbocycles. The van der Waals surface area contributed by atoms with Gasteiger partial charge in [0.1, 0.15) is 5.82 Å². The van der Waals surface area contributed by atoms with Gasteiger partial charge in [0.15, 0.2) is 0 Å². The second-order valence-corrected chi connectivity index (χ2v) is 4.53. The smallest absolute Gasteiger partial charge is 0.128 e. The second kappa shape index (κ2) is 5.27. The summed E-state index contributed by atoms with van der Waals surface area (Å²) >= 11 is 0. The van der Waals surface area contributed by atoms with E-state index in [4.69, 9.17) is 5.73 Å². The van der Waals surface area contributed by atoms with Crippen molar-refractivity contribution in [1.82, 2.24) is 15.0 Å². The lowest BCUT2D eigenvalue weighted by molar-refractivity contribution is 0.557. The number of nitrogens with zero attached hydrogens (tertiary/aromatic N) is 3. The topological polar surface area (TPSA) is 56.7 Å². The Balaban J connectivity index is 2.35. The van der Waals surface area contributed by atoms with E-state index in [1.807, 2.05) is 6.07 Å². The predicted octanol–water partition coefficient (Wildman–Crippen LogP) is 2.05. The van der Waals surface area contributed by atoms with Crippen LogP contribution in [-0.4, -0.2) is 15.0 Å². The molecule has 0 amide bonds. The molecule has 0 spiro atoms. The van der Waals surface area contributed by atoms with E-state index >= 15 is 0 Å². The molecule has 0 aliphatic carbocycles. The third-order valence-corrected chi connectivity index (χ3v) is 2.87. The van der Waals surface area contributed by atoms with E-state index in [-0.39, 0.29) is 11.7 Å². The van der Waals surface area contributed by atoms with E-state index in [1.165, 1.54) is 6.07 Å². The van der Waals surface area contributed by atoms with E-state index < -0.39 is 0 Å². The number of halogens is 1. The summed E-state index contributed by atoms with van der Waals surface area (Å²) in [7, 11) is 0. The fourth-order valence-electron chi connectivity index (χ4n) is 2.04. The molecule has 96 valence electrons. The lowest BCUT2D eigenvalue weighted by Gasteiger charge is -2.11. The first-order chi connectivity index (χ1) is 8.63. The van der Waals surface area contributed by atoms with Crippen LogP contribution in [0.3, 0.4) is 0 Å². The van der Waals surface area contributed by atoms with Crippen LogP contribution in [0, 0.1) is 5.82 Å². The minimum absolute atomic E-state index is 0.225. The molecule has 18 heavy (non-hydrogen) atoms. The highest BCUT2D eigenvalue weighted by Gasteiger charge is 2.15. The van der Waals surface area contributed by atoms with Gasteiger partial charge in [-0.2, -0.15) is 0 Å². The summed E-state index contributed by atoms with van der Waals surface area (Å²) in [6, 6.07) is 6.69. The van der Waals surface area contributed by atoms with Crippen molar-refractivity contribution >= 4 is 0 Å². The molecule has 1 aromatic carbocycles. The monoisotopic (exact) mass is 248 g/mol. The molecule has 4 nitrogen and oxygen atoms in total. The van der Waals surface area contributed by atoms with Crippen LogP contribution in [0.5, 0.6) is 0 Å². The van der Waals surface area contributed by atoms with Gasteiger partial charge >= 0.3 is 0 Å². The molecule has 1 heterocycles. The molecule has 5 heteroatoms. The molecule has 0 saturated heterocycles. The summed E-state index contributed by atoms with van der Waals surface area (Å²) in [4.78, 5) is 0. The highest BCUT2D eigenvalue weighted by Crippen LogP contribution is 2.19. The Hall–Kier alpha value is -1.75. The van der Waals surface area contributed by atoms with Crippen molar-refractivity contribution in [1.29, 1.82) is 0 Å². The molecule has 0 aliphatic rings. The minimum Gasteiger partial charge on any atom is -0.325 e. The Labute approximate surface area is 106 Å². The highest BCUT2D eigenvalue weighted by molar-refractivity contribution is 5.20. The van der Waals surface area contributed by atoms with Gasteiger partial charge in [0.25, 0.3) is 0 Å². The van der Waals surface area contributed by atoms with Gasteiger partial charge in [-0.25, -0.2) is 9.07 Å². The summed E-state index contributed by atoms with van der Waals surface area (Å²) < 4.78 is 15.3. The quantitative estimate of drug-likeness (QED) is 0.901. The minimum atomic E-state index is -0.225. The lowest BCUT2D eigenvalue weighted by Crippen LogP contribution is -2.11. The zero-order chi connectivity index (χ0) is 13.1. The fraction of sp³-hybridized carbons (Fsp3) is 0.385. The Morgan fingerprint density at radius 3 is 2.67 bits per heavy atom. The van der Waals surface area contributed by atoms with Crippen LogP contribution >= 0.6 is 0 Å². The van der Waals surface area contributed by atoms with E-state index in [0.717, 1.165) is 11.4 Å². The van der Waals surface area contributed by atoms with E-state index in [2.05, 4.69) is 24.2 Å². The molecule has 1 aromatic heterocycles. The lowest BCUT2D eigenvalue weighted by atomic mass is 10.1. The van der Waals surface area contributed by atoms with E-state index in [9.17, 15) is 4.39 Å². The number of hydrogen-bond acceptors (Lipinski definition) is 3. The van der Waals surface area contributed by atoms with Gasteiger partial charge < -0.3 is 5.73 Å². The van der Waals surface area contributed by atoms with Crippen LogP contribution in [0.1, 0.15) is 36.7 Å².